The highest BCUT2D eigenvalue weighted by Crippen LogP contribution is 2.39. The maximum atomic E-state index is 14.0. The van der Waals surface area contributed by atoms with Crippen LogP contribution in [0.5, 0.6) is 0 Å². The van der Waals surface area contributed by atoms with Gasteiger partial charge in [0, 0.05) is 30.5 Å². The largest absolute Gasteiger partial charge is 0.454 e. The van der Waals surface area contributed by atoms with Crippen molar-refractivity contribution in [3.05, 3.63) is 84.2 Å². The van der Waals surface area contributed by atoms with E-state index in [1.807, 2.05) is 47.3 Å². The number of rotatable bonds is 7. The summed E-state index contributed by atoms with van der Waals surface area (Å²) >= 11 is 0. The van der Waals surface area contributed by atoms with Crippen LogP contribution in [0.25, 0.3) is 5.69 Å². The van der Waals surface area contributed by atoms with Crippen molar-refractivity contribution >= 4 is 5.97 Å². The van der Waals surface area contributed by atoms with Gasteiger partial charge in [0.05, 0.1) is 25.0 Å². The van der Waals surface area contributed by atoms with Gasteiger partial charge >= 0.3 is 5.97 Å². The molecule has 4 aliphatic heterocycles. The third kappa shape index (κ3) is 4.73. The number of para-hydroxylation sites is 1. The molecule has 7 rings (SSSR count). The van der Waals surface area contributed by atoms with Crippen molar-refractivity contribution in [3.63, 3.8) is 0 Å². The average molecular weight is 500 g/mol. The normalized spacial score (nSPS) is 27.5. The van der Waals surface area contributed by atoms with E-state index in [0.29, 0.717) is 5.92 Å². The molecule has 0 aliphatic carbocycles. The molecular formula is C31H39N4O2+. The maximum absolute atomic E-state index is 14.0. The molecule has 4 aliphatic rings. The second-order valence-electron chi connectivity index (χ2n) is 11.5. The summed E-state index contributed by atoms with van der Waals surface area (Å²) in [6, 6.07) is 20.5. The zero-order valence-electron chi connectivity index (χ0n) is 22.0. The molecule has 37 heavy (non-hydrogen) atoms. The first-order chi connectivity index (χ1) is 18.1. The molecule has 2 atom stereocenters. The minimum absolute atomic E-state index is 0.0213. The molecule has 5 heterocycles. The van der Waals surface area contributed by atoms with E-state index in [1.54, 1.807) is 0 Å². The van der Waals surface area contributed by atoms with Gasteiger partial charge in [-0.3, -0.25) is 4.90 Å². The minimum Gasteiger partial charge on any atom is -0.454 e. The van der Waals surface area contributed by atoms with Crippen molar-refractivity contribution in [1.29, 1.82) is 0 Å². The van der Waals surface area contributed by atoms with Crippen molar-refractivity contribution in [2.75, 3.05) is 32.7 Å². The molecule has 0 spiro atoms. The molecule has 0 N–H and O–H groups in total. The fourth-order valence-electron chi connectivity index (χ4n) is 6.91. The SMILES string of the molecule is C[C@](C(=O)O[C@H]1C[N+]2(Cc3cnn(-c4ccccc4)c3)CCC1CC2)(c1ccccc1)N1CCCCC1. The summed E-state index contributed by atoms with van der Waals surface area (Å²) in [6.45, 7) is 8.11. The Morgan fingerprint density at radius 3 is 2.38 bits per heavy atom. The molecule has 0 radical (unpaired) electrons. The highest BCUT2D eigenvalue weighted by molar-refractivity contribution is 5.82. The molecule has 3 aromatic rings. The molecular weight excluding hydrogens is 460 g/mol. The fraction of sp³-hybridized carbons (Fsp3) is 0.484. The van der Waals surface area contributed by atoms with Crippen molar-refractivity contribution in [1.82, 2.24) is 14.7 Å². The topological polar surface area (TPSA) is 47.4 Å². The lowest BCUT2D eigenvalue weighted by molar-refractivity contribution is -0.958. The van der Waals surface area contributed by atoms with Gasteiger partial charge in [0.25, 0.3) is 0 Å². The number of nitrogens with zero attached hydrogens (tertiary/aromatic N) is 4. The van der Waals surface area contributed by atoms with Crippen LogP contribution in [0.1, 0.15) is 50.2 Å². The lowest BCUT2D eigenvalue weighted by Gasteiger charge is -2.52. The lowest BCUT2D eigenvalue weighted by atomic mass is 9.82. The first-order valence-electron chi connectivity index (χ1n) is 14.0. The number of aromatic nitrogens is 2. The quantitative estimate of drug-likeness (QED) is 0.342. The monoisotopic (exact) mass is 499 g/mol. The Hall–Kier alpha value is -2.96. The van der Waals surface area contributed by atoms with Crippen molar-refractivity contribution in [3.8, 4) is 5.69 Å². The zero-order valence-corrected chi connectivity index (χ0v) is 22.0. The van der Waals surface area contributed by atoms with E-state index in [-0.39, 0.29) is 12.1 Å². The second-order valence-corrected chi connectivity index (χ2v) is 11.5. The van der Waals surface area contributed by atoms with Crippen LogP contribution in [0, 0.1) is 5.92 Å². The number of quaternary nitrogens is 1. The number of likely N-dealkylation sites (tertiary alicyclic amines) is 1. The Balaban J connectivity index is 1.20. The number of fused-ring (bicyclic) bond motifs is 3. The predicted molar refractivity (Wildman–Crippen MR) is 144 cm³/mol. The fourth-order valence-corrected chi connectivity index (χ4v) is 6.91. The van der Waals surface area contributed by atoms with Crippen LogP contribution in [-0.2, 0) is 21.6 Å². The van der Waals surface area contributed by atoms with Gasteiger partial charge in [0.15, 0.2) is 6.10 Å². The summed E-state index contributed by atoms with van der Waals surface area (Å²) in [5, 5.41) is 4.63. The van der Waals surface area contributed by atoms with Gasteiger partial charge in [-0.15, -0.1) is 0 Å². The average Bonchev–Trinajstić information content (AvgIpc) is 3.42. The summed E-state index contributed by atoms with van der Waals surface area (Å²) in [5.74, 6) is 0.395. The number of hydrogen-bond acceptors (Lipinski definition) is 4. The van der Waals surface area contributed by atoms with Gasteiger partial charge in [0.2, 0.25) is 0 Å². The summed E-state index contributed by atoms with van der Waals surface area (Å²) < 4.78 is 9.47. The third-order valence-corrected chi connectivity index (χ3v) is 9.20. The van der Waals surface area contributed by atoms with Crippen LogP contribution in [-0.4, -0.2) is 64.0 Å². The Morgan fingerprint density at radius 2 is 1.68 bits per heavy atom. The molecule has 2 aromatic carbocycles. The minimum atomic E-state index is -0.741. The van der Waals surface area contributed by atoms with Crippen LogP contribution in [0.3, 0.4) is 0 Å². The standard InChI is InChI=1S/C31H39N4O2/c1-31(27-11-5-2-6-12-27,33-17-9-4-10-18-33)30(36)37-29-24-35(19-15-26(29)16-20-35)23-25-21-32-34(22-25)28-13-7-3-8-14-28/h2-3,5-8,11-14,21-22,26,29H,4,9-10,15-20,23-24H2,1H3/q+1/t26?,29-,31+,35?/m0/s1. The maximum Gasteiger partial charge on any atom is 0.331 e. The molecule has 2 bridgehead atoms. The summed E-state index contributed by atoms with van der Waals surface area (Å²) in [6.07, 6.45) is 9.90. The van der Waals surface area contributed by atoms with Crippen LogP contribution in [0.15, 0.2) is 73.1 Å². The van der Waals surface area contributed by atoms with Crippen LogP contribution in [0.2, 0.25) is 0 Å². The van der Waals surface area contributed by atoms with E-state index in [2.05, 4.69) is 47.4 Å². The molecule has 0 amide bonds. The zero-order chi connectivity index (χ0) is 25.3. The van der Waals surface area contributed by atoms with Crippen molar-refractivity contribution in [2.45, 2.75) is 57.2 Å². The molecule has 0 saturated carbocycles. The molecule has 0 unspecified atom stereocenters. The van der Waals surface area contributed by atoms with E-state index in [4.69, 9.17) is 4.74 Å². The van der Waals surface area contributed by atoms with Crippen molar-refractivity contribution < 1.29 is 14.0 Å². The number of benzene rings is 2. The number of carbonyl (C=O) groups is 1. The van der Waals surface area contributed by atoms with Crippen molar-refractivity contribution in [2.24, 2.45) is 5.92 Å². The summed E-state index contributed by atoms with van der Waals surface area (Å²) in [4.78, 5) is 16.4. The smallest absolute Gasteiger partial charge is 0.331 e. The van der Waals surface area contributed by atoms with Gasteiger partial charge < -0.3 is 9.22 Å². The Bertz CT molecular complexity index is 1200. The van der Waals surface area contributed by atoms with Gasteiger partial charge in [-0.1, -0.05) is 55.0 Å². The van der Waals surface area contributed by atoms with Gasteiger partial charge in [-0.25, -0.2) is 9.48 Å². The number of carbonyl (C=O) groups excluding carboxylic acids is 1. The first-order valence-corrected chi connectivity index (χ1v) is 14.0. The molecule has 6 nitrogen and oxygen atoms in total. The number of esters is 1. The van der Waals surface area contributed by atoms with E-state index in [9.17, 15) is 4.79 Å². The Morgan fingerprint density at radius 1 is 1.00 bits per heavy atom. The summed E-state index contributed by atoms with van der Waals surface area (Å²) in [7, 11) is 0. The number of hydrogen-bond donors (Lipinski definition) is 0. The second kappa shape index (κ2) is 10.1. The van der Waals surface area contributed by atoms with Gasteiger partial charge in [0.1, 0.15) is 18.6 Å². The third-order valence-electron chi connectivity index (χ3n) is 9.20. The summed E-state index contributed by atoms with van der Waals surface area (Å²) in [5.41, 5.74) is 2.63. The Labute approximate surface area is 220 Å². The van der Waals surface area contributed by atoms with E-state index in [1.165, 1.54) is 12.0 Å². The van der Waals surface area contributed by atoms with Gasteiger partial charge in [-0.05, 0) is 50.6 Å². The number of ether oxygens (including phenoxy) is 1. The molecule has 4 fully saturated rings. The van der Waals surface area contributed by atoms with Crippen LogP contribution in [0.4, 0.5) is 0 Å². The highest BCUT2D eigenvalue weighted by atomic mass is 16.5. The Kier molecular flexibility index (Phi) is 6.63. The van der Waals surface area contributed by atoms with E-state index < -0.39 is 5.54 Å². The van der Waals surface area contributed by atoms with Crippen LogP contribution >= 0.6 is 0 Å². The predicted octanol–water partition coefficient (Wildman–Crippen LogP) is 4.93. The van der Waals surface area contributed by atoms with E-state index >= 15 is 0 Å². The highest BCUT2D eigenvalue weighted by Gasteiger charge is 2.50. The first kappa shape index (κ1) is 24.4. The van der Waals surface area contributed by atoms with Gasteiger partial charge in [-0.2, -0.15) is 5.10 Å². The van der Waals surface area contributed by atoms with Crippen LogP contribution < -0.4 is 0 Å². The molecule has 194 valence electrons. The molecule has 1 aromatic heterocycles. The van der Waals surface area contributed by atoms with E-state index in [0.717, 1.165) is 80.7 Å². The molecule has 6 heteroatoms. The lowest BCUT2D eigenvalue weighted by Crippen LogP contribution is -2.64. The number of piperidine rings is 4. The molecule has 4 saturated heterocycles.